The number of allylic oxidation sites excluding steroid dienone is 9. The summed E-state index contributed by atoms with van der Waals surface area (Å²) in [5.74, 6) is -0.934. The van der Waals surface area contributed by atoms with Crippen LogP contribution in [0.4, 0.5) is 0 Å². The first kappa shape index (κ1) is 21.2. The molecular formula is C22H32O3. The fraction of sp³-hybridized carbons (Fsp3) is 0.500. The van der Waals surface area contributed by atoms with E-state index in [4.69, 9.17) is 9.84 Å². The molecule has 0 bridgehead atoms. The van der Waals surface area contributed by atoms with Crippen LogP contribution in [-0.2, 0) is 9.53 Å². The number of unbranched alkanes of at least 4 members (excludes halogenated alkanes) is 5. The van der Waals surface area contributed by atoms with Gasteiger partial charge in [-0.3, -0.25) is 0 Å². The quantitative estimate of drug-likeness (QED) is 0.189. The molecule has 3 heteroatoms. The molecule has 1 aliphatic heterocycles. The Hall–Kier alpha value is -1.87. The molecule has 1 heterocycles. The number of epoxide rings is 1. The number of aliphatic carboxylic acids is 1. The summed E-state index contributed by atoms with van der Waals surface area (Å²) in [6.45, 7) is 2.20. The zero-order valence-corrected chi connectivity index (χ0v) is 15.3. The van der Waals surface area contributed by atoms with E-state index in [1.807, 2.05) is 24.3 Å². The van der Waals surface area contributed by atoms with E-state index in [9.17, 15) is 4.79 Å². The van der Waals surface area contributed by atoms with Crippen LogP contribution in [0.2, 0.25) is 0 Å². The van der Waals surface area contributed by atoms with Crippen LogP contribution in [0.5, 0.6) is 0 Å². The monoisotopic (exact) mass is 344 g/mol. The van der Waals surface area contributed by atoms with Gasteiger partial charge in [-0.2, -0.15) is 0 Å². The Balaban J connectivity index is 1.88. The third-order valence-electron chi connectivity index (χ3n) is 4.10. The Labute approximate surface area is 152 Å². The van der Waals surface area contributed by atoms with Crippen molar-refractivity contribution in [2.24, 2.45) is 0 Å². The van der Waals surface area contributed by atoms with Crippen molar-refractivity contribution in [3.05, 3.63) is 60.8 Å². The van der Waals surface area contributed by atoms with Crippen LogP contribution < -0.4 is 0 Å². The van der Waals surface area contributed by atoms with E-state index in [1.54, 1.807) is 12.2 Å². The van der Waals surface area contributed by atoms with Crippen LogP contribution in [0.15, 0.2) is 60.8 Å². The number of hydrogen-bond acceptors (Lipinski definition) is 2. The molecule has 0 spiro atoms. The van der Waals surface area contributed by atoms with Crippen molar-refractivity contribution in [2.75, 3.05) is 0 Å². The third-order valence-corrected chi connectivity index (χ3v) is 4.10. The van der Waals surface area contributed by atoms with Gasteiger partial charge >= 0.3 is 5.97 Å². The highest BCUT2D eigenvalue weighted by Crippen LogP contribution is 2.29. The molecule has 138 valence electrons. The normalized spacial score (nSPS) is 20.8. The van der Waals surface area contributed by atoms with Gasteiger partial charge in [0.15, 0.2) is 0 Å². The molecule has 1 N–H and O–H groups in total. The smallest absolute Gasteiger partial charge is 0.328 e. The van der Waals surface area contributed by atoms with Crippen LogP contribution in [0, 0.1) is 0 Å². The Morgan fingerprint density at radius 2 is 1.44 bits per heavy atom. The van der Waals surface area contributed by atoms with Gasteiger partial charge in [-0.15, -0.1) is 0 Å². The van der Waals surface area contributed by atoms with Gasteiger partial charge in [0.2, 0.25) is 0 Å². The van der Waals surface area contributed by atoms with E-state index in [1.165, 1.54) is 51.0 Å². The third kappa shape index (κ3) is 13.1. The molecule has 1 aliphatic rings. The molecule has 0 saturated carbocycles. The van der Waals surface area contributed by atoms with Crippen molar-refractivity contribution in [2.45, 2.75) is 70.5 Å². The maximum absolute atomic E-state index is 10.2. The number of hydrogen-bond donors (Lipinski definition) is 1. The van der Waals surface area contributed by atoms with Crippen LogP contribution in [-0.4, -0.2) is 23.3 Å². The standard InChI is InChI=1S/C22H32O3/c1-2-20-21(25-20)18-16-14-12-10-8-6-4-3-5-7-9-11-13-15-17-19-22(23)24/h3-5,7,9,11,13,15,17,19-21H,2,6,8,10,12,14,16,18H2,1H3,(H,23,24). The summed E-state index contributed by atoms with van der Waals surface area (Å²) in [6.07, 6.45) is 29.4. The summed E-state index contributed by atoms with van der Waals surface area (Å²) < 4.78 is 5.55. The lowest BCUT2D eigenvalue weighted by atomic mass is 10.1. The summed E-state index contributed by atoms with van der Waals surface area (Å²) in [5.41, 5.74) is 0. The first-order chi connectivity index (χ1) is 12.2. The highest BCUT2D eigenvalue weighted by molar-refractivity contribution is 5.80. The van der Waals surface area contributed by atoms with E-state index in [2.05, 4.69) is 19.1 Å². The minimum atomic E-state index is -0.934. The SMILES string of the molecule is CCC1OC1CCCCCCCC=CC=CC=CC=CC=CC(=O)O. The molecule has 1 saturated heterocycles. The molecule has 0 aromatic heterocycles. The molecule has 3 nitrogen and oxygen atoms in total. The second kappa shape index (κ2) is 14.5. The second-order valence-electron chi connectivity index (χ2n) is 6.25. The minimum absolute atomic E-state index is 0.567. The fourth-order valence-electron chi connectivity index (χ4n) is 2.63. The predicted octanol–water partition coefficient (Wildman–Crippen LogP) is 5.76. The van der Waals surface area contributed by atoms with Gasteiger partial charge in [-0.25, -0.2) is 4.79 Å². The van der Waals surface area contributed by atoms with E-state index in [0.29, 0.717) is 12.2 Å². The summed E-state index contributed by atoms with van der Waals surface area (Å²) in [5, 5.41) is 8.41. The summed E-state index contributed by atoms with van der Waals surface area (Å²) in [7, 11) is 0. The van der Waals surface area contributed by atoms with Crippen LogP contribution in [0.25, 0.3) is 0 Å². The van der Waals surface area contributed by atoms with Gasteiger partial charge in [0.05, 0.1) is 12.2 Å². The number of carbonyl (C=O) groups is 1. The zero-order chi connectivity index (χ0) is 18.2. The first-order valence-corrected chi connectivity index (χ1v) is 9.45. The van der Waals surface area contributed by atoms with Crippen molar-refractivity contribution < 1.29 is 14.6 Å². The molecule has 2 unspecified atom stereocenters. The maximum Gasteiger partial charge on any atom is 0.328 e. The van der Waals surface area contributed by atoms with Crippen LogP contribution in [0.3, 0.4) is 0 Å². The summed E-state index contributed by atoms with van der Waals surface area (Å²) >= 11 is 0. The average molecular weight is 344 g/mol. The minimum Gasteiger partial charge on any atom is -0.478 e. The molecule has 25 heavy (non-hydrogen) atoms. The van der Waals surface area contributed by atoms with Gasteiger partial charge in [0.1, 0.15) is 0 Å². The van der Waals surface area contributed by atoms with Gasteiger partial charge in [0.25, 0.3) is 0 Å². The van der Waals surface area contributed by atoms with Gasteiger partial charge < -0.3 is 9.84 Å². The molecule has 0 aromatic carbocycles. The molecule has 0 aliphatic carbocycles. The largest absolute Gasteiger partial charge is 0.478 e. The molecule has 0 aromatic rings. The number of carboxylic acids is 1. The summed E-state index contributed by atoms with van der Waals surface area (Å²) in [4.78, 5) is 10.2. The van der Waals surface area contributed by atoms with Crippen molar-refractivity contribution >= 4 is 5.97 Å². The van der Waals surface area contributed by atoms with Crippen molar-refractivity contribution in [3.8, 4) is 0 Å². The Morgan fingerprint density at radius 3 is 2.08 bits per heavy atom. The second-order valence-corrected chi connectivity index (χ2v) is 6.25. The van der Waals surface area contributed by atoms with Gasteiger partial charge in [-0.05, 0) is 25.7 Å². The lowest BCUT2D eigenvalue weighted by Crippen LogP contribution is -1.92. The van der Waals surface area contributed by atoms with E-state index in [-0.39, 0.29) is 0 Å². The fourth-order valence-corrected chi connectivity index (χ4v) is 2.63. The van der Waals surface area contributed by atoms with E-state index >= 15 is 0 Å². The maximum atomic E-state index is 10.2. The summed E-state index contributed by atoms with van der Waals surface area (Å²) in [6, 6.07) is 0. The Bertz CT molecular complexity index is 497. The lowest BCUT2D eigenvalue weighted by molar-refractivity contribution is -0.131. The number of rotatable bonds is 14. The molecular weight excluding hydrogens is 312 g/mol. The molecule has 0 radical (unpaired) electrons. The zero-order valence-electron chi connectivity index (χ0n) is 15.3. The predicted molar refractivity (Wildman–Crippen MR) is 105 cm³/mol. The Kier molecular flexibility index (Phi) is 12.3. The Morgan fingerprint density at radius 1 is 0.840 bits per heavy atom. The number of carboxylic acid groups (broad SMARTS) is 1. The van der Waals surface area contributed by atoms with Crippen molar-refractivity contribution in [1.29, 1.82) is 0 Å². The highest BCUT2D eigenvalue weighted by atomic mass is 16.6. The lowest BCUT2D eigenvalue weighted by Gasteiger charge is -1.98. The van der Waals surface area contributed by atoms with Gasteiger partial charge in [-0.1, -0.05) is 87.3 Å². The van der Waals surface area contributed by atoms with Crippen molar-refractivity contribution in [1.82, 2.24) is 0 Å². The van der Waals surface area contributed by atoms with Crippen LogP contribution in [0.1, 0.15) is 58.3 Å². The van der Waals surface area contributed by atoms with E-state index < -0.39 is 5.97 Å². The molecule has 0 amide bonds. The van der Waals surface area contributed by atoms with Gasteiger partial charge in [0, 0.05) is 6.08 Å². The van der Waals surface area contributed by atoms with Crippen molar-refractivity contribution in [3.63, 3.8) is 0 Å². The molecule has 1 rings (SSSR count). The first-order valence-electron chi connectivity index (χ1n) is 9.45. The molecule has 1 fully saturated rings. The average Bonchev–Trinajstić information content (AvgIpc) is 3.36. The van der Waals surface area contributed by atoms with E-state index in [0.717, 1.165) is 12.5 Å². The number of ether oxygens (including phenoxy) is 1. The topological polar surface area (TPSA) is 49.8 Å². The molecule has 2 atom stereocenters. The van der Waals surface area contributed by atoms with Crippen LogP contribution >= 0.6 is 0 Å². The highest BCUT2D eigenvalue weighted by Gasteiger charge is 2.35.